The van der Waals surface area contributed by atoms with Crippen LogP contribution in [-0.2, 0) is 9.53 Å². The van der Waals surface area contributed by atoms with Gasteiger partial charge in [-0.05, 0) is 26.9 Å². The van der Waals surface area contributed by atoms with Crippen LogP contribution in [0.3, 0.4) is 0 Å². The molecule has 0 radical (unpaired) electrons. The number of rotatable bonds is 17. The van der Waals surface area contributed by atoms with Crippen LogP contribution >= 0.6 is 0 Å². The van der Waals surface area contributed by atoms with Crippen LogP contribution < -0.4 is 0 Å². The molecule has 0 spiro atoms. The van der Waals surface area contributed by atoms with Gasteiger partial charge in [0.2, 0.25) is 0 Å². The van der Waals surface area contributed by atoms with Gasteiger partial charge in [0.15, 0.2) is 6.23 Å². The molecule has 0 aromatic rings. The Bertz CT molecular complexity index is 279. The summed E-state index contributed by atoms with van der Waals surface area (Å²) in [6.07, 6.45) is 18.6. The van der Waals surface area contributed by atoms with Crippen LogP contribution in [0.25, 0.3) is 0 Å². The third-order valence-corrected chi connectivity index (χ3v) is 4.68. The Hall–Kier alpha value is -0.570. The summed E-state index contributed by atoms with van der Waals surface area (Å²) in [5.74, 6) is -0.0429. The average Bonchev–Trinajstić information content (AvgIpc) is 2.56. The molecule has 0 aliphatic rings. The average molecular weight is 342 g/mol. The van der Waals surface area contributed by atoms with Crippen molar-refractivity contribution in [1.29, 1.82) is 0 Å². The van der Waals surface area contributed by atoms with E-state index in [0.717, 1.165) is 19.3 Å². The van der Waals surface area contributed by atoms with Crippen molar-refractivity contribution in [1.82, 2.24) is 4.90 Å². The van der Waals surface area contributed by atoms with Crippen LogP contribution in [0.1, 0.15) is 110 Å². The second-order valence-corrected chi connectivity index (χ2v) is 7.31. The zero-order chi connectivity index (χ0) is 18.0. The van der Waals surface area contributed by atoms with Gasteiger partial charge in [0.25, 0.3) is 0 Å². The van der Waals surface area contributed by atoms with Gasteiger partial charge in [-0.3, -0.25) is 9.69 Å². The normalized spacial score (nSPS) is 12.5. The number of ether oxygens (including phenoxy) is 1. The van der Waals surface area contributed by atoms with Crippen LogP contribution in [0, 0.1) is 0 Å². The smallest absolute Gasteiger partial charge is 0.307 e. The van der Waals surface area contributed by atoms with Crippen molar-refractivity contribution in [2.75, 3.05) is 14.1 Å². The molecule has 0 amide bonds. The van der Waals surface area contributed by atoms with Crippen molar-refractivity contribution in [3.8, 4) is 0 Å². The number of nitrogens with zero attached hydrogens (tertiary/aromatic N) is 1. The maximum atomic E-state index is 11.8. The molecule has 0 fully saturated rings. The van der Waals surface area contributed by atoms with Crippen molar-refractivity contribution in [2.45, 2.75) is 116 Å². The van der Waals surface area contributed by atoms with E-state index in [1.807, 2.05) is 25.9 Å². The second-order valence-electron chi connectivity index (χ2n) is 7.31. The molecule has 0 saturated heterocycles. The molecule has 0 aliphatic carbocycles. The number of carbonyl (C=O) groups excluding carboxylic acids is 1. The fraction of sp³-hybridized carbons (Fsp3) is 0.952. The summed E-state index contributed by atoms with van der Waals surface area (Å²) in [6, 6.07) is 0. The summed E-state index contributed by atoms with van der Waals surface area (Å²) in [7, 11) is 3.90. The minimum atomic E-state index is -0.0699. The summed E-state index contributed by atoms with van der Waals surface area (Å²) in [4.78, 5) is 13.7. The van der Waals surface area contributed by atoms with Crippen molar-refractivity contribution in [3.05, 3.63) is 0 Å². The molecule has 0 heterocycles. The van der Waals surface area contributed by atoms with Gasteiger partial charge in [-0.15, -0.1) is 0 Å². The highest BCUT2D eigenvalue weighted by atomic mass is 16.6. The molecule has 0 aromatic carbocycles. The molecular formula is C21H43NO2. The number of hydrogen-bond donors (Lipinski definition) is 0. The van der Waals surface area contributed by atoms with E-state index >= 15 is 0 Å². The van der Waals surface area contributed by atoms with Gasteiger partial charge in [0.05, 0.1) is 0 Å². The van der Waals surface area contributed by atoms with E-state index in [2.05, 4.69) is 6.92 Å². The van der Waals surface area contributed by atoms with E-state index < -0.39 is 0 Å². The molecule has 3 nitrogen and oxygen atoms in total. The first-order valence-corrected chi connectivity index (χ1v) is 10.5. The summed E-state index contributed by atoms with van der Waals surface area (Å²) in [6.45, 7) is 4.32. The standard InChI is InChI=1S/C21H43NO2/c1-5-7-8-9-10-11-12-13-14-15-16-17-18-19-21(23)24-20(6-2)22(3)4/h20H,5-19H2,1-4H3. The van der Waals surface area contributed by atoms with E-state index in [-0.39, 0.29) is 12.2 Å². The van der Waals surface area contributed by atoms with Crippen LogP contribution in [0.2, 0.25) is 0 Å². The highest BCUT2D eigenvalue weighted by Gasteiger charge is 2.13. The highest BCUT2D eigenvalue weighted by molar-refractivity contribution is 5.69. The first kappa shape index (κ1) is 23.4. The number of carbonyl (C=O) groups is 1. The van der Waals surface area contributed by atoms with Gasteiger partial charge in [-0.1, -0.05) is 90.9 Å². The van der Waals surface area contributed by atoms with Gasteiger partial charge in [-0.25, -0.2) is 0 Å². The minimum absolute atomic E-state index is 0.0429. The van der Waals surface area contributed by atoms with Crippen LogP contribution in [0.4, 0.5) is 0 Å². The molecule has 0 saturated carbocycles. The van der Waals surface area contributed by atoms with Crippen molar-refractivity contribution in [3.63, 3.8) is 0 Å². The van der Waals surface area contributed by atoms with Crippen LogP contribution in [-0.4, -0.2) is 31.2 Å². The molecule has 24 heavy (non-hydrogen) atoms. The maximum absolute atomic E-state index is 11.8. The largest absolute Gasteiger partial charge is 0.446 e. The number of unbranched alkanes of at least 4 members (excludes halogenated alkanes) is 12. The third-order valence-electron chi connectivity index (χ3n) is 4.68. The van der Waals surface area contributed by atoms with E-state index in [1.54, 1.807) is 0 Å². The zero-order valence-corrected chi connectivity index (χ0v) is 16.9. The molecule has 0 aromatic heterocycles. The Morgan fingerprint density at radius 3 is 1.54 bits per heavy atom. The Morgan fingerprint density at radius 2 is 1.17 bits per heavy atom. The molecule has 0 bridgehead atoms. The molecule has 0 N–H and O–H groups in total. The fourth-order valence-electron chi connectivity index (χ4n) is 3.05. The van der Waals surface area contributed by atoms with E-state index in [0.29, 0.717) is 6.42 Å². The predicted octanol–water partition coefficient (Wildman–Crippen LogP) is 6.31. The van der Waals surface area contributed by atoms with E-state index in [1.165, 1.54) is 70.6 Å². The lowest BCUT2D eigenvalue weighted by molar-refractivity contribution is -0.157. The first-order valence-electron chi connectivity index (χ1n) is 10.5. The number of hydrogen-bond acceptors (Lipinski definition) is 3. The van der Waals surface area contributed by atoms with Gasteiger partial charge in [0.1, 0.15) is 0 Å². The molecular weight excluding hydrogens is 298 g/mol. The second kappa shape index (κ2) is 17.3. The lowest BCUT2D eigenvalue weighted by Crippen LogP contribution is -2.32. The highest BCUT2D eigenvalue weighted by Crippen LogP contribution is 2.13. The van der Waals surface area contributed by atoms with Crippen LogP contribution in [0.15, 0.2) is 0 Å². The summed E-state index contributed by atoms with van der Waals surface area (Å²) in [5.41, 5.74) is 0. The Labute approximate surface area is 151 Å². The zero-order valence-electron chi connectivity index (χ0n) is 16.9. The molecule has 1 atom stereocenters. The van der Waals surface area contributed by atoms with Gasteiger partial charge < -0.3 is 4.74 Å². The third kappa shape index (κ3) is 15.0. The van der Waals surface area contributed by atoms with E-state index in [9.17, 15) is 4.79 Å². The molecule has 3 heteroatoms. The molecule has 144 valence electrons. The van der Waals surface area contributed by atoms with Crippen LogP contribution in [0.5, 0.6) is 0 Å². The summed E-state index contributed by atoms with van der Waals surface area (Å²) in [5, 5.41) is 0. The fourth-order valence-corrected chi connectivity index (χ4v) is 3.05. The minimum Gasteiger partial charge on any atom is -0.446 e. The SMILES string of the molecule is CCCCCCCCCCCCCCCC(=O)OC(CC)N(C)C. The quantitative estimate of drug-likeness (QED) is 0.176. The van der Waals surface area contributed by atoms with Crippen molar-refractivity contribution >= 4 is 5.97 Å². The Balaban J connectivity index is 3.29. The monoisotopic (exact) mass is 341 g/mol. The number of esters is 1. The first-order chi connectivity index (χ1) is 11.6. The predicted molar refractivity (Wildman–Crippen MR) is 104 cm³/mol. The summed E-state index contributed by atoms with van der Waals surface area (Å²) >= 11 is 0. The van der Waals surface area contributed by atoms with Gasteiger partial charge >= 0.3 is 5.97 Å². The van der Waals surface area contributed by atoms with Crippen molar-refractivity contribution < 1.29 is 9.53 Å². The lowest BCUT2D eigenvalue weighted by Gasteiger charge is -2.22. The molecule has 1 unspecified atom stereocenters. The van der Waals surface area contributed by atoms with Crippen molar-refractivity contribution in [2.24, 2.45) is 0 Å². The van der Waals surface area contributed by atoms with E-state index in [4.69, 9.17) is 4.74 Å². The topological polar surface area (TPSA) is 29.5 Å². The lowest BCUT2D eigenvalue weighted by atomic mass is 10.0. The van der Waals surface area contributed by atoms with Gasteiger partial charge in [-0.2, -0.15) is 0 Å². The van der Waals surface area contributed by atoms with Gasteiger partial charge in [0, 0.05) is 6.42 Å². The molecule has 0 aliphatic heterocycles. The Kier molecular flexibility index (Phi) is 16.8. The molecule has 0 rings (SSSR count). The summed E-state index contributed by atoms with van der Waals surface area (Å²) < 4.78 is 5.46. The maximum Gasteiger partial charge on any atom is 0.307 e. The Morgan fingerprint density at radius 1 is 0.750 bits per heavy atom.